The lowest BCUT2D eigenvalue weighted by Gasteiger charge is -2.28. The van der Waals surface area contributed by atoms with Gasteiger partial charge < -0.3 is 10.4 Å². The number of nitrogens with one attached hydrogen (secondary N) is 2. The highest BCUT2D eigenvalue weighted by Crippen LogP contribution is 2.21. The molecule has 1 aliphatic rings. The van der Waals surface area contributed by atoms with Gasteiger partial charge in [0.1, 0.15) is 0 Å². The van der Waals surface area contributed by atoms with Crippen molar-refractivity contribution >= 4 is 11.9 Å². The molecule has 0 spiro atoms. The molecule has 112 valence electrons. The first-order chi connectivity index (χ1) is 10.3. The Morgan fingerprint density at radius 3 is 2.71 bits per heavy atom. The van der Waals surface area contributed by atoms with Gasteiger partial charge in [-0.25, -0.2) is 10.5 Å². The third-order valence-electron chi connectivity index (χ3n) is 3.51. The number of hydrazine groups is 1. The van der Waals surface area contributed by atoms with Crippen LogP contribution in [0.25, 0.3) is 5.95 Å². The zero-order valence-electron chi connectivity index (χ0n) is 11.5. The van der Waals surface area contributed by atoms with E-state index in [1.165, 1.54) is 4.68 Å². The molecule has 3 rings (SSSR count). The first kappa shape index (κ1) is 13.7. The van der Waals surface area contributed by atoms with Gasteiger partial charge in [-0.2, -0.15) is 20.1 Å². The predicted octanol–water partition coefficient (Wildman–Crippen LogP) is 0.0583. The molecule has 0 bridgehead atoms. The minimum Gasteiger partial charge on any atom is -0.391 e. The van der Waals surface area contributed by atoms with E-state index in [0.29, 0.717) is 11.9 Å². The highest BCUT2D eigenvalue weighted by atomic mass is 16.3. The van der Waals surface area contributed by atoms with E-state index < -0.39 is 6.10 Å². The molecule has 2 heterocycles. The van der Waals surface area contributed by atoms with Crippen molar-refractivity contribution in [1.29, 1.82) is 0 Å². The Hall–Kier alpha value is -2.26. The van der Waals surface area contributed by atoms with Crippen LogP contribution in [0.2, 0.25) is 0 Å². The van der Waals surface area contributed by atoms with E-state index in [1.54, 1.807) is 18.5 Å². The van der Waals surface area contributed by atoms with E-state index in [0.717, 1.165) is 25.7 Å². The largest absolute Gasteiger partial charge is 0.391 e. The van der Waals surface area contributed by atoms with Gasteiger partial charge in [-0.1, -0.05) is 12.8 Å². The van der Waals surface area contributed by atoms with Crippen molar-refractivity contribution < 1.29 is 5.11 Å². The second-order valence-electron chi connectivity index (χ2n) is 4.98. The number of anilines is 2. The van der Waals surface area contributed by atoms with Crippen LogP contribution < -0.4 is 16.6 Å². The van der Waals surface area contributed by atoms with Crippen LogP contribution in [-0.4, -0.2) is 42.0 Å². The molecule has 1 aliphatic carbocycles. The lowest BCUT2D eigenvalue weighted by Crippen LogP contribution is -2.37. The summed E-state index contributed by atoms with van der Waals surface area (Å²) < 4.78 is 1.52. The molecule has 21 heavy (non-hydrogen) atoms. The Bertz CT molecular complexity index is 587. The fourth-order valence-corrected chi connectivity index (χ4v) is 2.43. The van der Waals surface area contributed by atoms with Gasteiger partial charge >= 0.3 is 0 Å². The maximum atomic E-state index is 10.0. The zero-order chi connectivity index (χ0) is 14.7. The summed E-state index contributed by atoms with van der Waals surface area (Å²) in [5, 5.41) is 17.3. The maximum Gasteiger partial charge on any atom is 0.257 e. The highest BCUT2D eigenvalue weighted by molar-refractivity contribution is 5.38. The smallest absolute Gasteiger partial charge is 0.257 e. The third kappa shape index (κ3) is 3.09. The van der Waals surface area contributed by atoms with Crippen molar-refractivity contribution in [2.45, 2.75) is 37.8 Å². The molecule has 1 fully saturated rings. The average molecular weight is 290 g/mol. The minimum atomic E-state index is -0.391. The molecule has 0 saturated heterocycles. The van der Waals surface area contributed by atoms with E-state index in [4.69, 9.17) is 5.84 Å². The van der Waals surface area contributed by atoms with Gasteiger partial charge in [-0.05, 0) is 18.9 Å². The van der Waals surface area contributed by atoms with E-state index in [-0.39, 0.29) is 12.0 Å². The van der Waals surface area contributed by atoms with Crippen LogP contribution >= 0.6 is 0 Å². The summed E-state index contributed by atoms with van der Waals surface area (Å²) in [6.45, 7) is 0. The molecule has 0 radical (unpaired) electrons. The van der Waals surface area contributed by atoms with Gasteiger partial charge in [0.25, 0.3) is 5.95 Å². The number of rotatable bonds is 4. The lowest BCUT2D eigenvalue weighted by molar-refractivity contribution is 0.116. The van der Waals surface area contributed by atoms with Gasteiger partial charge in [0.2, 0.25) is 11.9 Å². The molecule has 0 amide bonds. The molecule has 5 N–H and O–H groups in total. The Morgan fingerprint density at radius 1 is 1.19 bits per heavy atom. The minimum absolute atomic E-state index is 0.0581. The normalized spacial score (nSPS) is 22.0. The van der Waals surface area contributed by atoms with E-state index in [2.05, 4.69) is 30.8 Å². The first-order valence-electron chi connectivity index (χ1n) is 6.93. The molecule has 1 saturated carbocycles. The second kappa shape index (κ2) is 6.02. The molecule has 0 aromatic carbocycles. The second-order valence-corrected chi connectivity index (χ2v) is 4.98. The van der Waals surface area contributed by atoms with Gasteiger partial charge in [-0.15, -0.1) is 0 Å². The molecule has 9 nitrogen and oxygen atoms in total. The van der Waals surface area contributed by atoms with Gasteiger partial charge in [0.05, 0.1) is 12.1 Å². The number of nitrogens with two attached hydrogens (primary N) is 1. The van der Waals surface area contributed by atoms with Gasteiger partial charge in [-0.3, -0.25) is 5.43 Å². The van der Waals surface area contributed by atoms with E-state index in [1.807, 2.05) is 0 Å². The summed E-state index contributed by atoms with van der Waals surface area (Å²) >= 11 is 0. The number of aromatic nitrogens is 5. The maximum absolute atomic E-state index is 10.0. The van der Waals surface area contributed by atoms with Crippen LogP contribution in [-0.2, 0) is 0 Å². The SMILES string of the molecule is NNc1nc(NC2CCCCC2O)nc(-n2cccn2)n1. The number of hydrogen-bond acceptors (Lipinski definition) is 8. The van der Waals surface area contributed by atoms with Crippen molar-refractivity contribution in [3.05, 3.63) is 18.5 Å². The van der Waals surface area contributed by atoms with E-state index >= 15 is 0 Å². The number of nitrogen functional groups attached to an aromatic ring is 1. The summed E-state index contributed by atoms with van der Waals surface area (Å²) in [5.41, 5.74) is 2.41. The number of nitrogens with zero attached hydrogens (tertiary/aromatic N) is 5. The Balaban J connectivity index is 1.85. The Morgan fingerprint density at radius 2 is 2.00 bits per heavy atom. The zero-order valence-corrected chi connectivity index (χ0v) is 11.5. The quantitative estimate of drug-likeness (QED) is 0.460. The highest BCUT2D eigenvalue weighted by Gasteiger charge is 2.24. The Labute approximate surface area is 121 Å². The van der Waals surface area contributed by atoms with Crippen LogP contribution in [0.1, 0.15) is 25.7 Å². The van der Waals surface area contributed by atoms with Crippen molar-refractivity contribution in [3.63, 3.8) is 0 Å². The van der Waals surface area contributed by atoms with Crippen molar-refractivity contribution in [2.75, 3.05) is 10.7 Å². The molecule has 2 aromatic rings. The summed E-state index contributed by atoms with van der Waals surface area (Å²) in [7, 11) is 0. The van der Waals surface area contributed by atoms with E-state index in [9.17, 15) is 5.11 Å². The number of aliphatic hydroxyl groups is 1. The fourth-order valence-electron chi connectivity index (χ4n) is 2.43. The summed E-state index contributed by atoms with van der Waals surface area (Å²) in [4.78, 5) is 12.6. The predicted molar refractivity (Wildman–Crippen MR) is 76.6 cm³/mol. The average Bonchev–Trinajstić information content (AvgIpc) is 3.04. The van der Waals surface area contributed by atoms with Gasteiger partial charge in [0.15, 0.2) is 0 Å². The van der Waals surface area contributed by atoms with Crippen LogP contribution in [0.15, 0.2) is 18.5 Å². The first-order valence-corrected chi connectivity index (χ1v) is 6.93. The lowest BCUT2D eigenvalue weighted by atomic mass is 9.93. The molecule has 2 atom stereocenters. The number of hydrogen-bond donors (Lipinski definition) is 4. The molecular weight excluding hydrogens is 272 g/mol. The van der Waals surface area contributed by atoms with Crippen LogP contribution in [0.4, 0.5) is 11.9 Å². The fraction of sp³-hybridized carbons (Fsp3) is 0.500. The van der Waals surface area contributed by atoms with Gasteiger partial charge in [0, 0.05) is 12.4 Å². The summed E-state index contributed by atoms with van der Waals surface area (Å²) in [6, 6.07) is 1.72. The topological polar surface area (TPSA) is 127 Å². The molecular formula is C12H18N8O. The standard InChI is InChI=1S/C12H18N8O/c13-19-11-16-10(15-8-4-1-2-5-9(8)21)17-12(18-11)20-7-3-6-14-20/h3,6-9,21H,1-2,4-5,13H2,(H2,15,16,17,18,19). The van der Waals surface area contributed by atoms with Crippen molar-refractivity contribution in [2.24, 2.45) is 5.84 Å². The van der Waals surface area contributed by atoms with Crippen LogP contribution in [0.3, 0.4) is 0 Å². The summed E-state index contributed by atoms with van der Waals surface area (Å²) in [6.07, 6.45) is 6.77. The Kier molecular flexibility index (Phi) is 3.93. The van der Waals surface area contributed by atoms with Crippen molar-refractivity contribution in [1.82, 2.24) is 24.7 Å². The third-order valence-corrected chi connectivity index (χ3v) is 3.51. The molecule has 2 unspecified atom stereocenters. The van der Waals surface area contributed by atoms with Crippen LogP contribution in [0.5, 0.6) is 0 Å². The molecule has 2 aromatic heterocycles. The molecule has 0 aliphatic heterocycles. The summed E-state index contributed by atoms with van der Waals surface area (Å²) in [5.74, 6) is 6.36. The van der Waals surface area contributed by atoms with Crippen molar-refractivity contribution in [3.8, 4) is 5.95 Å². The molecule has 9 heteroatoms. The van der Waals surface area contributed by atoms with Crippen LogP contribution in [0, 0.1) is 0 Å². The monoisotopic (exact) mass is 290 g/mol. The number of aliphatic hydroxyl groups excluding tert-OH is 1.